The number of hydrogen-bond acceptors (Lipinski definition) is 5. The normalized spacial score (nSPS) is 10.5. The van der Waals surface area contributed by atoms with E-state index < -0.39 is 11.6 Å². The zero-order valence-corrected chi connectivity index (χ0v) is 11.8. The zero-order chi connectivity index (χ0) is 15.2. The van der Waals surface area contributed by atoms with Crippen LogP contribution in [0.5, 0.6) is 0 Å². The van der Waals surface area contributed by atoms with Gasteiger partial charge in [0.2, 0.25) is 0 Å². The SMILES string of the molecule is CCNc1cc(Nc2ccc(F)cc2F)nc(COC)n1. The van der Waals surface area contributed by atoms with E-state index in [0.717, 1.165) is 6.07 Å². The number of methoxy groups -OCH3 is 1. The molecule has 0 fully saturated rings. The molecule has 1 aromatic heterocycles. The van der Waals surface area contributed by atoms with Crippen LogP contribution in [0.3, 0.4) is 0 Å². The highest BCUT2D eigenvalue weighted by Gasteiger charge is 2.08. The molecule has 2 rings (SSSR count). The molecule has 2 N–H and O–H groups in total. The Hall–Kier alpha value is -2.28. The summed E-state index contributed by atoms with van der Waals surface area (Å²) in [6.07, 6.45) is 0. The molecule has 0 aliphatic heterocycles. The summed E-state index contributed by atoms with van der Waals surface area (Å²) >= 11 is 0. The van der Waals surface area contributed by atoms with Crippen molar-refractivity contribution < 1.29 is 13.5 Å². The van der Waals surface area contributed by atoms with Crippen molar-refractivity contribution in [1.82, 2.24) is 9.97 Å². The number of benzene rings is 1. The van der Waals surface area contributed by atoms with E-state index in [-0.39, 0.29) is 12.3 Å². The van der Waals surface area contributed by atoms with Crippen LogP contribution >= 0.6 is 0 Å². The van der Waals surface area contributed by atoms with Crippen LogP contribution < -0.4 is 10.6 Å². The molecule has 21 heavy (non-hydrogen) atoms. The molecule has 0 aliphatic rings. The molecule has 112 valence electrons. The molecule has 0 saturated carbocycles. The fourth-order valence-electron chi connectivity index (χ4n) is 1.76. The highest BCUT2D eigenvalue weighted by atomic mass is 19.1. The van der Waals surface area contributed by atoms with Gasteiger partial charge in [0.25, 0.3) is 0 Å². The van der Waals surface area contributed by atoms with Gasteiger partial charge in [0.05, 0.1) is 5.69 Å². The lowest BCUT2D eigenvalue weighted by Gasteiger charge is -2.11. The summed E-state index contributed by atoms with van der Waals surface area (Å²) in [4.78, 5) is 8.47. The number of anilines is 3. The first-order valence-corrected chi connectivity index (χ1v) is 6.45. The fraction of sp³-hybridized carbons (Fsp3) is 0.286. The Morgan fingerprint density at radius 1 is 1.14 bits per heavy atom. The molecule has 1 aromatic carbocycles. The van der Waals surface area contributed by atoms with Crippen LogP contribution in [0.1, 0.15) is 12.7 Å². The molecular weight excluding hydrogens is 278 g/mol. The van der Waals surface area contributed by atoms with E-state index in [1.807, 2.05) is 6.92 Å². The van der Waals surface area contributed by atoms with Crippen LogP contribution in [0.15, 0.2) is 24.3 Å². The van der Waals surface area contributed by atoms with E-state index in [1.54, 1.807) is 6.07 Å². The first-order valence-electron chi connectivity index (χ1n) is 6.45. The van der Waals surface area contributed by atoms with Crippen molar-refractivity contribution in [2.45, 2.75) is 13.5 Å². The van der Waals surface area contributed by atoms with E-state index in [2.05, 4.69) is 20.6 Å². The first-order chi connectivity index (χ1) is 10.1. The summed E-state index contributed by atoms with van der Waals surface area (Å²) in [5, 5.41) is 5.86. The van der Waals surface area contributed by atoms with Crippen LogP contribution in [-0.2, 0) is 11.3 Å². The molecule has 0 bridgehead atoms. The maximum absolute atomic E-state index is 13.6. The van der Waals surface area contributed by atoms with E-state index in [1.165, 1.54) is 19.2 Å². The van der Waals surface area contributed by atoms with Gasteiger partial charge in [-0.15, -0.1) is 0 Å². The van der Waals surface area contributed by atoms with E-state index in [0.29, 0.717) is 24.0 Å². The van der Waals surface area contributed by atoms with Crippen LogP contribution in [-0.4, -0.2) is 23.6 Å². The third kappa shape index (κ3) is 4.09. The van der Waals surface area contributed by atoms with E-state index in [4.69, 9.17) is 4.74 Å². The Kier molecular flexibility index (Phi) is 4.99. The lowest BCUT2D eigenvalue weighted by molar-refractivity contribution is 0.178. The molecule has 0 saturated heterocycles. The number of hydrogen-bond donors (Lipinski definition) is 2. The van der Waals surface area contributed by atoms with Gasteiger partial charge < -0.3 is 15.4 Å². The quantitative estimate of drug-likeness (QED) is 0.857. The van der Waals surface area contributed by atoms with Crippen molar-refractivity contribution in [2.75, 3.05) is 24.3 Å². The maximum Gasteiger partial charge on any atom is 0.158 e. The summed E-state index contributed by atoms with van der Waals surface area (Å²) < 4.78 is 31.5. The number of aromatic nitrogens is 2. The Balaban J connectivity index is 2.29. The predicted molar refractivity (Wildman–Crippen MR) is 76.5 cm³/mol. The van der Waals surface area contributed by atoms with E-state index in [9.17, 15) is 8.78 Å². The zero-order valence-electron chi connectivity index (χ0n) is 11.8. The Bertz CT molecular complexity index is 598. The topological polar surface area (TPSA) is 59.1 Å². The lowest BCUT2D eigenvalue weighted by Crippen LogP contribution is -2.07. The van der Waals surface area contributed by atoms with Crippen molar-refractivity contribution >= 4 is 17.3 Å². The molecule has 0 atom stereocenters. The largest absolute Gasteiger partial charge is 0.377 e. The van der Waals surface area contributed by atoms with Crippen molar-refractivity contribution in [1.29, 1.82) is 0 Å². The highest BCUT2D eigenvalue weighted by molar-refractivity contribution is 5.59. The molecule has 7 heteroatoms. The van der Waals surface area contributed by atoms with Gasteiger partial charge in [0.1, 0.15) is 29.9 Å². The molecule has 5 nitrogen and oxygen atoms in total. The van der Waals surface area contributed by atoms with Gasteiger partial charge in [-0.2, -0.15) is 0 Å². The van der Waals surface area contributed by atoms with Crippen LogP contribution in [0.25, 0.3) is 0 Å². The number of nitrogens with zero attached hydrogens (tertiary/aromatic N) is 2. The standard InChI is InChI=1S/C14H16F2N4O/c1-3-17-12-7-13(20-14(19-12)8-21-2)18-11-5-4-9(15)6-10(11)16/h4-7H,3,8H2,1-2H3,(H2,17,18,19,20). The molecular formula is C14H16F2N4O. The first kappa shape index (κ1) is 15.1. The van der Waals surface area contributed by atoms with Crippen LogP contribution in [0.2, 0.25) is 0 Å². The third-order valence-corrected chi connectivity index (χ3v) is 2.60. The van der Waals surface area contributed by atoms with Gasteiger partial charge >= 0.3 is 0 Å². The molecule has 0 spiro atoms. The second-order valence-electron chi connectivity index (χ2n) is 4.27. The van der Waals surface area contributed by atoms with Crippen molar-refractivity contribution in [3.8, 4) is 0 Å². The van der Waals surface area contributed by atoms with Gasteiger partial charge in [-0.3, -0.25) is 0 Å². The molecule has 2 aromatic rings. The summed E-state index contributed by atoms with van der Waals surface area (Å²) in [6, 6.07) is 4.94. The molecule has 1 heterocycles. The minimum atomic E-state index is -0.688. The molecule has 0 amide bonds. The van der Waals surface area contributed by atoms with Crippen molar-refractivity contribution in [2.24, 2.45) is 0 Å². The number of nitrogens with one attached hydrogen (secondary N) is 2. The summed E-state index contributed by atoms with van der Waals surface area (Å²) in [7, 11) is 1.54. The van der Waals surface area contributed by atoms with Gasteiger partial charge in [-0.25, -0.2) is 18.7 Å². The predicted octanol–water partition coefficient (Wildman–Crippen LogP) is 3.08. The van der Waals surface area contributed by atoms with Gasteiger partial charge in [0, 0.05) is 25.8 Å². The Morgan fingerprint density at radius 3 is 2.57 bits per heavy atom. The number of halogens is 2. The fourth-order valence-corrected chi connectivity index (χ4v) is 1.76. The van der Waals surface area contributed by atoms with E-state index >= 15 is 0 Å². The average molecular weight is 294 g/mol. The molecule has 0 radical (unpaired) electrons. The highest BCUT2D eigenvalue weighted by Crippen LogP contribution is 2.21. The lowest BCUT2D eigenvalue weighted by atomic mass is 10.3. The minimum Gasteiger partial charge on any atom is -0.377 e. The van der Waals surface area contributed by atoms with Gasteiger partial charge in [0.15, 0.2) is 5.82 Å². The molecule has 0 aliphatic carbocycles. The summed E-state index contributed by atoms with van der Waals surface area (Å²) in [5.41, 5.74) is 0.140. The van der Waals surface area contributed by atoms with Gasteiger partial charge in [-0.05, 0) is 19.1 Å². The summed E-state index contributed by atoms with van der Waals surface area (Å²) in [5.74, 6) is 0.144. The van der Waals surface area contributed by atoms with Crippen LogP contribution in [0, 0.1) is 11.6 Å². The number of ether oxygens (including phenoxy) is 1. The maximum atomic E-state index is 13.6. The summed E-state index contributed by atoms with van der Waals surface area (Å²) in [6.45, 7) is 2.86. The Morgan fingerprint density at radius 2 is 1.90 bits per heavy atom. The van der Waals surface area contributed by atoms with Crippen LogP contribution in [0.4, 0.5) is 26.1 Å². The second kappa shape index (κ2) is 6.94. The number of rotatable bonds is 6. The van der Waals surface area contributed by atoms with Crippen molar-refractivity contribution in [3.05, 3.63) is 41.7 Å². The van der Waals surface area contributed by atoms with Crippen molar-refractivity contribution in [3.63, 3.8) is 0 Å². The smallest absolute Gasteiger partial charge is 0.158 e. The average Bonchev–Trinajstić information content (AvgIpc) is 2.42. The third-order valence-electron chi connectivity index (χ3n) is 2.60. The van der Waals surface area contributed by atoms with Gasteiger partial charge in [-0.1, -0.05) is 0 Å². The molecule has 0 unspecified atom stereocenters. The Labute approximate surface area is 121 Å². The minimum absolute atomic E-state index is 0.140. The monoisotopic (exact) mass is 294 g/mol. The second-order valence-corrected chi connectivity index (χ2v) is 4.27.